The van der Waals surface area contributed by atoms with Gasteiger partial charge in [0, 0.05) is 13.1 Å². The Labute approximate surface area is 110 Å². The van der Waals surface area contributed by atoms with Crippen LogP contribution >= 0.6 is 0 Å². The molecule has 4 heteroatoms. The third-order valence-electron chi connectivity index (χ3n) is 4.57. The van der Waals surface area contributed by atoms with E-state index in [-0.39, 0.29) is 11.8 Å². The molecule has 2 aliphatic rings. The molecule has 18 heavy (non-hydrogen) atoms. The summed E-state index contributed by atoms with van der Waals surface area (Å²) in [6, 6.07) is 0. The maximum atomic E-state index is 12.1. The van der Waals surface area contributed by atoms with E-state index in [4.69, 9.17) is 0 Å². The number of carbonyl (C=O) groups excluding carboxylic acids is 1. The average Bonchev–Trinajstić information content (AvgIpc) is 2.83. The van der Waals surface area contributed by atoms with Gasteiger partial charge in [0.05, 0.1) is 5.92 Å². The Balaban J connectivity index is 1.67. The highest BCUT2D eigenvalue weighted by Crippen LogP contribution is 2.18. The van der Waals surface area contributed by atoms with Crippen LogP contribution < -0.4 is 10.6 Å². The molecule has 4 nitrogen and oxygen atoms in total. The largest absolute Gasteiger partial charge is 0.356 e. The van der Waals surface area contributed by atoms with Crippen molar-refractivity contribution < 1.29 is 4.79 Å². The summed E-state index contributed by atoms with van der Waals surface area (Å²) in [5.41, 5.74) is 0. The summed E-state index contributed by atoms with van der Waals surface area (Å²) in [6.07, 6.45) is 2.46. The molecule has 2 fully saturated rings. The lowest BCUT2D eigenvalue weighted by atomic mass is 9.94. The van der Waals surface area contributed by atoms with Crippen LogP contribution in [0.1, 0.15) is 26.7 Å². The Bertz CT molecular complexity index is 274. The van der Waals surface area contributed by atoms with Gasteiger partial charge in [-0.05, 0) is 50.9 Å². The highest BCUT2D eigenvalue weighted by atomic mass is 16.1. The van der Waals surface area contributed by atoms with Crippen molar-refractivity contribution in [2.24, 2.45) is 17.8 Å². The van der Waals surface area contributed by atoms with Crippen molar-refractivity contribution in [2.75, 3.05) is 39.3 Å². The molecule has 0 unspecified atom stereocenters. The van der Waals surface area contributed by atoms with E-state index in [0.717, 1.165) is 26.2 Å². The van der Waals surface area contributed by atoms with Gasteiger partial charge in [0.15, 0.2) is 0 Å². The summed E-state index contributed by atoms with van der Waals surface area (Å²) < 4.78 is 0. The standard InChI is InChI=1S/C14H27N3O/c1-3-17-6-4-12(5-7-17)9-16-14(18)13-10-15-8-11(13)2/h11-13,15H,3-10H2,1-2H3,(H,16,18)/t11-,13-/m1/s1. The molecule has 2 heterocycles. The maximum absolute atomic E-state index is 12.1. The summed E-state index contributed by atoms with van der Waals surface area (Å²) in [6.45, 7) is 10.6. The van der Waals surface area contributed by atoms with Gasteiger partial charge in [-0.15, -0.1) is 0 Å². The van der Waals surface area contributed by atoms with Crippen molar-refractivity contribution in [3.8, 4) is 0 Å². The molecule has 0 radical (unpaired) electrons. The van der Waals surface area contributed by atoms with Gasteiger partial charge in [0.2, 0.25) is 5.91 Å². The van der Waals surface area contributed by atoms with E-state index in [9.17, 15) is 4.79 Å². The van der Waals surface area contributed by atoms with E-state index in [0.29, 0.717) is 11.8 Å². The van der Waals surface area contributed by atoms with E-state index in [1.807, 2.05) is 0 Å². The highest BCUT2D eigenvalue weighted by molar-refractivity contribution is 5.79. The number of amides is 1. The van der Waals surface area contributed by atoms with Crippen LogP contribution in [0, 0.1) is 17.8 Å². The first kappa shape index (κ1) is 13.8. The molecule has 0 aromatic rings. The Morgan fingerprint density at radius 2 is 2.06 bits per heavy atom. The Hall–Kier alpha value is -0.610. The van der Waals surface area contributed by atoms with Gasteiger partial charge in [-0.25, -0.2) is 0 Å². The second kappa shape index (κ2) is 6.53. The predicted molar refractivity (Wildman–Crippen MR) is 73.4 cm³/mol. The van der Waals surface area contributed by atoms with Crippen molar-refractivity contribution in [1.29, 1.82) is 0 Å². The first-order chi connectivity index (χ1) is 8.70. The zero-order valence-electron chi connectivity index (χ0n) is 11.7. The second-order valence-electron chi connectivity index (χ2n) is 5.86. The van der Waals surface area contributed by atoms with Crippen molar-refractivity contribution in [3.05, 3.63) is 0 Å². The van der Waals surface area contributed by atoms with E-state index in [1.165, 1.54) is 25.9 Å². The molecule has 2 rings (SSSR count). The van der Waals surface area contributed by atoms with E-state index in [1.54, 1.807) is 0 Å². The number of nitrogens with zero attached hydrogens (tertiary/aromatic N) is 1. The first-order valence-corrected chi connectivity index (χ1v) is 7.41. The predicted octanol–water partition coefficient (Wildman–Crippen LogP) is 0.690. The minimum Gasteiger partial charge on any atom is -0.356 e. The molecular weight excluding hydrogens is 226 g/mol. The summed E-state index contributed by atoms with van der Waals surface area (Å²) >= 11 is 0. The van der Waals surface area contributed by atoms with E-state index in [2.05, 4.69) is 29.4 Å². The van der Waals surface area contributed by atoms with Crippen LogP contribution in [-0.4, -0.2) is 50.1 Å². The van der Waals surface area contributed by atoms with Crippen molar-refractivity contribution in [3.63, 3.8) is 0 Å². The molecule has 0 aromatic heterocycles. The Kier molecular flexibility index (Phi) is 5.01. The summed E-state index contributed by atoms with van der Waals surface area (Å²) in [5, 5.41) is 6.45. The quantitative estimate of drug-likeness (QED) is 0.775. The van der Waals surface area contributed by atoms with Crippen LogP contribution in [-0.2, 0) is 4.79 Å². The zero-order valence-corrected chi connectivity index (χ0v) is 11.7. The van der Waals surface area contributed by atoms with Crippen LogP contribution in [0.25, 0.3) is 0 Å². The first-order valence-electron chi connectivity index (χ1n) is 7.41. The van der Waals surface area contributed by atoms with Crippen LogP contribution in [0.5, 0.6) is 0 Å². The topological polar surface area (TPSA) is 44.4 Å². The molecule has 2 saturated heterocycles. The van der Waals surface area contributed by atoms with Crippen molar-refractivity contribution in [1.82, 2.24) is 15.5 Å². The Morgan fingerprint density at radius 3 is 2.61 bits per heavy atom. The van der Waals surface area contributed by atoms with Crippen LogP contribution in [0.4, 0.5) is 0 Å². The summed E-state index contributed by atoms with van der Waals surface area (Å²) in [7, 11) is 0. The van der Waals surface area contributed by atoms with Gasteiger partial charge >= 0.3 is 0 Å². The monoisotopic (exact) mass is 253 g/mol. The molecule has 0 bridgehead atoms. The average molecular weight is 253 g/mol. The van der Waals surface area contributed by atoms with E-state index < -0.39 is 0 Å². The molecule has 1 amide bonds. The number of hydrogen-bond donors (Lipinski definition) is 2. The van der Waals surface area contributed by atoms with Gasteiger partial charge in [-0.3, -0.25) is 4.79 Å². The number of piperidine rings is 1. The lowest BCUT2D eigenvalue weighted by Crippen LogP contribution is -2.41. The molecule has 104 valence electrons. The summed E-state index contributed by atoms with van der Waals surface area (Å²) in [4.78, 5) is 14.5. The molecular formula is C14H27N3O. The number of rotatable bonds is 4. The van der Waals surface area contributed by atoms with Crippen molar-refractivity contribution in [2.45, 2.75) is 26.7 Å². The fourth-order valence-electron chi connectivity index (χ4n) is 3.04. The van der Waals surface area contributed by atoms with E-state index >= 15 is 0 Å². The smallest absolute Gasteiger partial charge is 0.224 e. The highest BCUT2D eigenvalue weighted by Gasteiger charge is 2.29. The number of hydrogen-bond acceptors (Lipinski definition) is 3. The normalized spacial score (nSPS) is 30.6. The fraction of sp³-hybridized carbons (Fsp3) is 0.929. The summed E-state index contributed by atoms with van der Waals surface area (Å²) in [5.74, 6) is 1.60. The number of likely N-dealkylation sites (tertiary alicyclic amines) is 1. The lowest BCUT2D eigenvalue weighted by Gasteiger charge is -2.31. The third-order valence-corrected chi connectivity index (χ3v) is 4.57. The molecule has 0 saturated carbocycles. The van der Waals surface area contributed by atoms with Crippen molar-refractivity contribution >= 4 is 5.91 Å². The SMILES string of the molecule is CCN1CCC(CNC(=O)[C@@H]2CNC[C@H]2C)CC1. The molecule has 0 aromatic carbocycles. The molecule has 2 aliphatic heterocycles. The van der Waals surface area contributed by atoms with Crippen LogP contribution in [0.3, 0.4) is 0 Å². The number of nitrogens with one attached hydrogen (secondary N) is 2. The van der Waals surface area contributed by atoms with Gasteiger partial charge in [-0.1, -0.05) is 13.8 Å². The third kappa shape index (κ3) is 3.45. The molecule has 2 N–H and O–H groups in total. The lowest BCUT2D eigenvalue weighted by molar-refractivity contribution is -0.125. The van der Waals surface area contributed by atoms with Gasteiger partial charge in [0.25, 0.3) is 0 Å². The molecule has 0 aliphatic carbocycles. The van der Waals surface area contributed by atoms with Gasteiger partial charge in [0.1, 0.15) is 0 Å². The molecule has 0 spiro atoms. The van der Waals surface area contributed by atoms with Gasteiger partial charge < -0.3 is 15.5 Å². The Morgan fingerprint density at radius 1 is 1.33 bits per heavy atom. The van der Waals surface area contributed by atoms with Crippen LogP contribution in [0.15, 0.2) is 0 Å². The van der Waals surface area contributed by atoms with Crippen LogP contribution in [0.2, 0.25) is 0 Å². The fourth-order valence-corrected chi connectivity index (χ4v) is 3.04. The minimum atomic E-state index is 0.181. The maximum Gasteiger partial charge on any atom is 0.224 e. The molecule has 2 atom stereocenters. The van der Waals surface area contributed by atoms with Gasteiger partial charge in [-0.2, -0.15) is 0 Å². The zero-order chi connectivity index (χ0) is 13.0. The number of carbonyl (C=O) groups is 1. The second-order valence-corrected chi connectivity index (χ2v) is 5.86. The minimum absolute atomic E-state index is 0.181.